The summed E-state index contributed by atoms with van der Waals surface area (Å²) in [7, 11) is -3.03. The van der Waals surface area contributed by atoms with Crippen molar-refractivity contribution in [2.45, 2.75) is 20.3 Å². The van der Waals surface area contributed by atoms with E-state index in [4.69, 9.17) is 48.6 Å². The lowest BCUT2D eigenvalue weighted by atomic mass is 10.3. The number of hydrogen-bond acceptors (Lipinski definition) is 4. The van der Waals surface area contributed by atoms with Crippen LogP contribution in [0.1, 0.15) is 20.3 Å². The fourth-order valence-corrected chi connectivity index (χ4v) is 3.84. The van der Waals surface area contributed by atoms with E-state index in [1.54, 1.807) is 19.9 Å². The van der Waals surface area contributed by atoms with Crippen LogP contribution in [0, 0.1) is 0 Å². The molecular formula is C13H18Cl3O4P. The lowest BCUT2D eigenvalue weighted by Gasteiger charge is -2.17. The Morgan fingerprint density at radius 2 is 1.57 bits per heavy atom. The number of hydrogen-bond donors (Lipinski definition) is 0. The Hall–Kier alpha value is 0.0400. The Bertz CT molecular complexity index is 500. The van der Waals surface area contributed by atoms with Gasteiger partial charge >= 0.3 is 7.60 Å². The minimum Gasteiger partial charge on any atom is -0.492 e. The second kappa shape index (κ2) is 9.24. The molecule has 8 heteroatoms. The summed E-state index contributed by atoms with van der Waals surface area (Å²) in [4.78, 5) is 0. The molecule has 0 aliphatic carbocycles. The lowest BCUT2D eigenvalue weighted by Crippen LogP contribution is -2.05. The molecule has 0 fully saturated rings. The molecule has 0 heterocycles. The van der Waals surface area contributed by atoms with Gasteiger partial charge in [-0.1, -0.05) is 34.8 Å². The van der Waals surface area contributed by atoms with Crippen LogP contribution in [-0.4, -0.2) is 26.0 Å². The first-order valence-corrected chi connectivity index (χ1v) is 9.43. The van der Waals surface area contributed by atoms with E-state index in [2.05, 4.69) is 0 Å². The first-order valence-electron chi connectivity index (χ1n) is 6.57. The third-order valence-electron chi connectivity index (χ3n) is 2.46. The number of ether oxygens (including phenoxy) is 1. The van der Waals surface area contributed by atoms with Gasteiger partial charge in [-0.3, -0.25) is 4.57 Å². The molecular weight excluding hydrogens is 357 g/mol. The Morgan fingerprint density at radius 3 is 2.14 bits per heavy atom. The highest BCUT2D eigenvalue weighted by Crippen LogP contribution is 2.48. The second-order valence-corrected chi connectivity index (χ2v) is 7.48. The van der Waals surface area contributed by atoms with Gasteiger partial charge in [0, 0.05) is 6.07 Å². The summed E-state index contributed by atoms with van der Waals surface area (Å²) in [5.41, 5.74) is 0. The highest BCUT2D eigenvalue weighted by molar-refractivity contribution is 7.53. The molecule has 0 unspecified atom stereocenters. The van der Waals surface area contributed by atoms with Gasteiger partial charge in [0.25, 0.3) is 0 Å². The highest BCUT2D eigenvalue weighted by Gasteiger charge is 2.22. The van der Waals surface area contributed by atoms with E-state index >= 15 is 0 Å². The van der Waals surface area contributed by atoms with Crippen LogP contribution in [0.25, 0.3) is 0 Å². The maximum absolute atomic E-state index is 12.2. The van der Waals surface area contributed by atoms with Crippen LogP contribution in [0.2, 0.25) is 15.1 Å². The van der Waals surface area contributed by atoms with Crippen molar-refractivity contribution in [1.82, 2.24) is 0 Å². The van der Waals surface area contributed by atoms with Gasteiger partial charge in [-0.05, 0) is 26.3 Å². The molecule has 0 aliphatic rings. The zero-order valence-electron chi connectivity index (χ0n) is 11.9. The summed E-state index contributed by atoms with van der Waals surface area (Å²) in [6.45, 7) is 4.56. The minimum absolute atomic E-state index is 0.285. The van der Waals surface area contributed by atoms with Crippen LogP contribution in [0.3, 0.4) is 0 Å². The molecule has 1 rings (SSSR count). The normalized spacial score (nSPS) is 11.7. The molecule has 0 N–H and O–H groups in total. The molecule has 0 spiro atoms. The molecule has 0 amide bonds. The van der Waals surface area contributed by atoms with Gasteiger partial charge in [0.2, 0.25) is 0 Å². The summed E-state index contributed by atoms with van der Waals surface area (Å²) in [5.74, 6) is 0.439. The number of benzene rings is 1. The van der Waals surface area contributed by atoms with Gasteiger partial charge < -0.3 is 13.8 Å². The van der Waals surface area contributed by atoms with Gasteiger partial charge in [-0.25, -0.2) is 0 Å². The van der Waals surface area contributed by atoms with Crippen molar-refractivity contribution in [3.63, 3.8) is 0 Å². The molecule has 1 aromatic carbocycles. The Morgan fingerprint density at radius 1 is 1.00 bits per heavy atom. The van der Waals surface area contributed by atoms with Crippen LogP contribution < -0.4 is 4.74 Å². The van der Waals surface area contributed by atoms with Crippen LogP contribution in [0.5, 0.6) is 5.75 Å². The molecule has 0 bridgehead atoms. The average molecular weight is 376 g/mol. The Labute approximate surface area is 140 Å². The molecule has 0 saturated carbocycles. The monoisotopic (exact) mass is 374 g/mol. The molecule has 0 atom stereocenters. The van der Waals surface area contributed by atoms with E-state index in [1.165, 1.54) is 6.07 Å². The van der Waals surface area contributed by atoms with Gasteiger partial charge in [-0.2, -0.15) is 0 Å². The van der Waals surface area contributed by atoms with E-state index in [0.29, 0.717) is 47.1 Å². The molecule has 0 aromatic heterocycles. The van der Waals surface area contributed by atoms with Crippen molar-refractivity contribution in [3.8, 4) is 5.75 Å². The van der Waals surface area contributed by atoms with E-state index in [9.17, 15) is 4.57 Å². The molecule has 0 radical (unpaired) electrons. The molecule has 21 heavy (non-hydrogen) atoms. The smallest absolute Gasteiger partial charge is 0.330 e. The quantitative estimate of drug-likeness (QED) is 0.316. The van der Waals surface area contributed by atoms with Crippen molar-refractivity contribution >= 4 is 42.4 Å². The third-order valence-corrected chi connectivity index (χ3v) is 5.64. The van der Waals surface area contributed by atoms with Crippen molar-refractivity contribution in [2.75, 3.05) is 26.0 Å². The van der Waals surface area contributed by atoms with Gasteiger partial charge in [0.15, 0.2) is 0 Å². The van der Waals surface area contributed by atoms with E-state index < -0.39 is 7.60 Å². The lowest BCUT2D eigenvalue weighted by molar-refractivity contribution is 0.216. The Balaban J connectivity index is 2.50. The zero-order valence-corrected chi connectivity index (χ0v) is 15.1. The summed E-state index contributed by atoms with van der Waals surface area (Å²) in [6.07, 6.45) is 0.793. The van der Waals surface area contributed by atoms with Crippen LogP contribution in [0.15, 0.2) is 12.1 Å². The molecule has 0 saturated heterocycles. The van der Waals surface area contributed by atoms with Crippen LogP contribution in [-0.2, 0) is 13.6 Å². The van der Waals surface area contributed by atoms with E-state index in [1.807, 2.05) is 0 Å². The van der Waals surface area contributed by atoms with Crippen molar-refractivity contribution < 1.29 is 18.3 Å². The maximum atomic E-state index is 12.2. The summed E-state index contributed by atoms with van der Waals surface area (Å²) in [5, 5.41) is 1.11. The van der Waals surface area contributed by atoms with Crippen molar-refractivity contribution in [2.24, 2.45) is 0 Å². The first-order chi connectivity index (χ1) is 9.91. The van der Waals surface area contributed by atoms with Crippen LogP contribution in [0.4, 0.5) is 0 Å². The summed E-state index contributed by atoms with van der Waals surface area (Å²) in [6, 6.07) is 3.07. The minimum atomic E-state index is -3.03. The second-order valence-electron chi connectivity index (χ2n) is 4.07. The van der Waals surface area contributed by atoms with Crippen molar-refractivity contribution in [3.05, 3.63) is 27.2 Å². The van der Waals surface area contributed by atoms with Gasteiger partial charge in [0.05, 0.1) is 41.1 Å². The third kappa shape index (κ3) is 6.35. The zero-order chi connectivity index (χ0) is 15.9. The Kier molecular flexibility index (Phi) is 8.40. The topological polar surface area (TPSA) is 44.8 Å². The fourth-order valence-electron chi connectivity index (χ4n) is 1.62. The first kappa shape index (κ1) is 19.1. The fraction of sp³-hybridized carbons (Fsp3) is 0.538. The van der Waals surface area contributed by atoms with E-state index in [-0.39, 0.29) is 6.16 Å². The van der Waals surface area contributed by atoms with E-state index in [0.717, 1.165) is 0 Å². The predicted molar refractivity (Wildman–Crippen MR) is 87.3 cm³/mol. The number of rotatable bonds is 9. The summed E-state index contributed by atoms with van der Waals surface area (Å²) < 4.78 is 28.1. The SMILES string of the molecule is CCOP(=O)(CCCOc1cc(Cl)c(Cl)cc1Cl)OCC. The molecule has 1 aromatic rings. The highest BCUT2D eigenvalue weighted by atomic mass is 35.5. The predicted octanol–water partition coefficient (Wildman–Crippen LogP) is 5.68. The number of halogens is 3. The average Bonchev–Trinajstić information content (AvgIpc) is 2.41. The molecule has 120 valence electrons. The van der Waals surface area contributed by atoms with Gasteiger partial charge in [-0.15, -0.1) is 0 Å². The van der Waals surface area contributed by atoms with Gasteiger partial charge in [0.1, 0.15) is 5.75 Å². The summed E-state index contributed by atoms with van der Waals surface area (Å²) >= 11 is 17.7. The molecule has 4 nitrogen and oxygen atoms in total. The van der Waals surface area contributed by atoms with Crippen molar-refractivity contribution in [1.29, 1.82) is 0 Å². The largest absolute Gasteiger partial charge is 0.492 e. The molecule has 0 aliphatic heterocycles. The van der Waals surface area contributed by atoms with Crippen LogP contribution >= 0.6 is 42.4 Å². The standard InChI is InChI=1S/C13H18Cl3O4P/c1-3-19-21(17,20-4-2)7-5-6-18-13-9-11(15)10(14)8-12(13)16/h8-9H,3-7H2,1-2H3. The maximum Gasteiger partial charge on any atom is 0.330 e.